The number of nitrogens with one attached hydrogen (secondary N) is 2. The van der Waals surface area contributed by atoms with Crippen molar-refractivity contribution in [3.05, 3.63) is 12.4 Å². The quantitative estimate of drug-likeness (QED) is 0.818. The first kappa shape index (κ1) is 11.2. The van der Waals surface area contributed by atoms with Crippen molar-refractivity contribution in [3.8, 4) is 0 Å². The molecule has 0 bridgehead atoms. The van der Waals surface area contributed by atoms with Gasteiger partial charge in [-0.15, -0.1) is 0 Å². The van der Waals surface area contributed by atoms with Gasteiger partial charge in [-0.3, -0.25) is 4.98 Å². The van der Waals surface area contributed by atoms with E-state index >= 15 is 0 Å². The molecular formula is C12H20N4. The van der Waals surface area contributed by atoms with Crippen LogP contribution in [0.25, 0.3) is 0 Å². The van der Waals surface area contributed by atoms with Gasteiger partial charge in [-0.2, -0.15) is 0 Å². The molecule has 1 aromatic rings. The van der Waals surface area contributed by atoms with Crippen LogP contribution in [0, 0.1) is 5.41 Å². The summed E-state index contributed by atoms with van der Waals surface area (Å²) in [6.07, 6.45) is 8.86. The van der Waals surface area contributed by atoms with Crippen LogP contribution in [0.1, 0.15) is 32.6 Å². The van der Waals surface area contributed by atoms with Gasteiger partial charge in [-0.05, 0) is 18.3 Å². The van der Waals surface area contributed by atoms with E-state index in [0.29, 0.717) is 5.41 Å². The maximum Gasteiger partial charge on any atom is 0.146 e. The van der Waals surface area contributed by atoms with Crippen molar-refractivity contribution in [2.45, 2.75) is 32.6 Å². The molecule has 0 atom stereocenters. The van der Waals surface area contributed by atoms with Crippen LogP contribution in [0.3, 0.4) is 0 Å². The number of aromatic nitrogens is 2. The van der Waals surface area contributed by atoms with Gasteiger partial charge in [0.2, 0.25) is 0 Å². The fourth-order valence-corrected chi connectivity index (χ4v) is 2.28. The van der Waals surface area contributed by atoms with Crippen LogP contribution in [0.2, 0.25) is 0 Å². The summed E-state index contributed by atoms with van der Waals surface area (Å²) in [7, 11) is 1.85. The highest BCUT2D eigenvalue weighted by Crippen LogP contribution is 2.37. The predicted molar refractivity (Wildman–Crippen MR) is 66.6 cm³/mol. The molecule has 2 N–H and O–H groups in total. The zero-order valence-electron chi connectivity index (χ0n) is 10.1. The van der Waals surface area contributed by atoms with Crippen molar-refractivity contribution in [2.75, 3.05) is 24.2 Å². The summed E-state index contributed by atoms with van der Waals surface area (Å²) in [4.78, 5) is 8.53. The average molecular weight is 220 g/mol. The minimum atomic E-state index is 0.442. The van der Waals surface area contributed by atoms with Gasteiger partial charge < -0.3 is 10.6 Å². The molecule has 1 aromatic heterocycles. The van der Waals surface area contributed by atoms with Crippen LogP contribution in [0.5, 0.6) is 0 Å². The van der Waals surface area contributed by atoms with Gasteiger partial charge in [0.15, 0.2) is 0 Å². The molecule has 0 radical (unpaired) electrons. The second kappa shape index (κ2) is 4.68. The smallest absolute Gasteiger partial charge is 0.146 e. The standard InChI is InChI=1S/C12H20N4/c1-12(5-3-4-6-12)9-15-11-8-14-7-10(13-2)16-11/h7-8H,3-6,9H2,1-2H3,(H2,13,15,16). The molecule has 0 aromatic carbocycles. The Morgan fingerprint density at radius 3 is 2.62 bits per heavy atom. The van der Waals surface area contributed by atoms with Gasteiger partial charge in [0.25, 0.3) is 0 Å². The Morgan fingerprint density at radius 2 is 1.94 bits per heavy atom. The lowest BCUT2D eigenvalue weighted by molar-refractivity contribution is 0.361. The maximum absolute atomic E-state index is 4.40. The van der Waals surface area contributed by atoms with Crippen molar-refractivity contribution in [3.63, 3.8) is 0 Å². The van der Waals surface area contributed by atoms with Crippen molar-refractivity contribution in [1.29, 1.82) is 0 Å². The first-order valence-corrected chi connectivity index (χ1v) is 5.96. The Labute approximate surface area is 96.9 Å². The SMILES string of the molecule is CNc1cncc(NCC2(C)CCCC2)n1. The van der Waals surface area contributed by atoms with Crippen LogP contribution < -0.4 is 10.6 Å². The molecule has 0 aliphatic heterocycles. The Kier molecular flexibility index (Phi) is 3.27. The van der Waals surface area contributed by atoms with E-state index in [1.165, 1.54) is 25.7 Å². The Balaban J connectivity index is 1.93. The molecule has 1 fully saturated rings. The second-order valence-corrected chi connectivity index (χ2v) is 4.91. The van der Waals surface area contributed by atoms with E-state index in [9.17, 15) is 0 Å². The number of hydrogen-bond acceptors (Lipinski definition) is 4. The summed E-state index contributed by atoms with van der Waals surface area (Å²) in [6.45, 7) is 3.34. The second-order valence-electron chi connectivity index (χ2n) is 4.91. The molecule has 16 heavy (non-hydrogen) atoms. The third kappa shape index (κ3) is 2.62. The number of nitrogens with zero attached hydrogens (tertiary/aromatic N) is 2. The third-order valence-electron chi connectivity index (χ3n) is 3.40. The van der Waals surface area contributed by atoms with Crippen LogP contribution >= 0.6 is 0 Å². The molecule has 1 aliphatic rings. The molecule has 1 aliphatic carbocycles. The van der Waals surface area contributed by atoms with Crippen LogP contribution in [0.4, 0.5) is 11.6 Å². The number of anilines is 2. The highest BCUT2D eigenvalue weighted by Gasteiger charge is 2.28. The van der Waals surface area contributed by atoms with Gasteiger partial charge in [-0.25, -0.2) is 4.98 Å². The topological polar surface area (TPSA) is 49.8 Å². The number of hydrogen-bond donors (Lipinski definition) is 2. The molecule has 0 amide bonds. The summed E-state index contributed by atoms with van der Waals surface area (Å²) in [6, 6.07) is 0. The predicted octanol–water partition coefficient (Wildman–Crippen LogP) is 2.51. The molecule has 4 nitrogen and oxygen atoms in total. The van der Waals surface area contributed by atoms with Crippen molar-refractivity contribution >= 4 is 11.6 Å². The zero-order valence-corrected chi connectivity index (χ0v) is 10.1. The van der Waals surface area contributed by atoms with E-state index in [-0.39, 0.29) is 0 Å². The molecule has 1 saturated carbocycles. The highest BCUT2D eigenvalue weighted by molar-refractivity contribution is 5.41. The van der Waals surface area contributed by atoms with Gasteiger partial charge in [-0.1, -0.05) is 19.8 Å². The van der Waals surface area contributed by atoms with E-state index in [1.807, 2.05) is 7.05 Å². The average Bonchev–Trinajstić information content (AvgIpc) is 2.75. The van der Waals surface area contributed by atoms with E-state index in [2.05, 4.69) is 27.5 Å². The van der Waals surface area contributed by atoms with E-state index in [4.69, 9.17) is 0 Å². The molecule has 0 saturated heterocycles. The summed E-state index contributed by atoms with van der Waals surface area (Å²) in [5, 5.41) is 6.38. The van der Waals surface area contributed by atoms with Gasteiger partial charge in [0.05, 0.1) is 12.4 Å². The third-order valence-corrected chi connectivity index (χ3v) is 3.40. The van der Waals surface area contributed by atoms with Crippen LogP contribution in [-0.4, -0.2) is 23.6 Å². The summed E-state index contributed by atoms with van der Waals surface area (Å²) < 4.78 is 0. The molecular weight excluding hydrogens is 200 g/mol. The van der Waals surface area contributed by atoms with Crippen molar-refractivity contribution in [1.82, 2.24) is 9.97 Å². The summed E-state index contributed by atoms with van der Waals surface area (Å²) in [5.74, 6) is 1.67. The first-order valence-electron chi connectivity index (χ1n) is 5.96. The largest absolute Gasteiger partial charge is 0.372 e. The van der Waals surface area contributed by atoms with E-state index in [0.717, 1.165) is 18.2 Å². The molecule has 1 heterocycles. The minimum absolute atomic E-state index is 0.442. The number of rotatable bonds is 4. The molecule has 4 heteroatoms. The lowest BCUT2D eigenvalue weighted by atomic mass is 9.89. The van der Waals surface area contributed by atoms with Crippen molar-refractivity contribution < 1.29 is 0 Å². The molecule has 2 rings (SSSR count). The monoisotopic (exact) mass is 220 g/mol. The Hall–Kier alpha value is -1.32. The zero-order chi connectivity index (χ0) is 11.4. The molecule has 0 spiro atoms. The highest BCUT2D eigenvalue weighted by atomic mass is 15.1. The normalized spacial score (nSPS) is 18.4. The summed E-state index contributed by atoms with van der Waals surface area (Å²) >= 11 is 0. The van der Waals surface area contributed by atoms with E-state index in [1.54, 1.807) is 12.4 Å². The fourth-order valence-electron chi connectivity index (χ4n) is 2.28. The van der Waals surface area contributed by atoms with Gasteiger partial charge in [0, 0.05) is 13.6 Å². The lowest BCUT2D eigenvalue weighted by Gasteiger charge is -2.23. The van der Waals surface area contributed by atoms with Gasteiger partial charge >= 0.3 is 0 Å². The maximum atomic E-state index is 4.40. The van der Waals surface area contributed by atoms with Crippen LogP contribution in [0.15, 0.2) is 12.4 Å². The van der Waals surface area contributed by atoms with Gasteiger partial charge in [0.1, 0.15) is 11.6 Å². The van der Waals surface area contributed by atoms with E-state index < -0.39 is 0 Å². The summed E-state index contributed by atoms with van der Waals surface area (Å²) in [5.41, 5.74) is 0.442. The fraction of sp³-hybridized carbons (Fsp3) is 0.667. The molecule has 88 valence electrons. The Bertz CT molecular complexity index is 345. The lowest BCUT2D eigenvalue weighted by Crippen LogP contribution is -2.23. The molecule has 0 unspecified atom stereocenters. The van der Waals surface area contributed by atoms with Crippen LogP contribution in [-0.2, 0) is 0 Å². The minimum Gasteiger partial charge on any atom is -0.372 e. The first-order chi connectivity index (χ1) is 7.72. The van der Waals surface area contributed by atoms with Crippen molar-refractivity contribution in [2.24, 2.45) is 5.41 Å². The Morgan fingerprint density at radius 1 is 1.25 bits per heavy atom.